The molecule has 0 saturated carbocycles. The van der Waals surface area contributed by atoms with Crippen molar-refractivity contribution in [2.75, 3.05) is 29.4 Å². The largest absolute Gasteiger partial charge is 0.338 e. The van der Waals surface area contributed by atoms with Crippen LogP contribution in [0.3, 0.4) is 0 Å². The topological polar surface area (TPSA) is 32.3 Å². The van der Waals surface area contributed by atoms with E-state index in [9.17, 15) is 0 Å². The summed E-state index contributed by atoms with van der Waals surface area (Å²) in [5, 5.41) is 0. The van der Waals surface area contributed by atoms with Gasteiger partial charge in [-0.3, -0.25) is 9.80 Å². The minimum absolute atomic E-state index is 0.147. The van der Waals surface area contributed by atoms with Crippen LogP contribution >= 0.6 is 0 Å². The van der Waals surface area contributed by atoms with Crippen LogP contribution in [0.2, 0.25) is 0 Å². The highest BCUT2D eigenvalue weighted by atomic mass is 15.3. The van der Waals surface area contributed by atoms with E-state index in [1.165, 1.54) is 32.9 Å². The quantitative estimate of drug-likeness (QED) is 0.119. The zero-order valence-corrected chi connectivity index (χ0v) is 47.6. The zero-order chi connectivity index (χ0) is 57.4. The lowest BCUT2D eigenvalue weighted by Crippen LogP contribution is -2.65. The van der Waals surface area contributed by atoms with Crippen molar-refractivity contribution in [3.05, 3.63) is 327 Å². The van der Waals surface area contributed by atoms with Crippen molar-refractivity contribution in [2.45, 2.75) is 6.54 Å². The molecule has 4 aliphatic rings. The van der Waals surface area contributed by atoms with Gasteiger partial charge < -0.3 is 19.6 Å². The smallest absolute Gasteiger partial charge is 0.254 e. The van der Waals surface area contributed by atoms with Crippen LogP contribution in [-0.2, 0) is 6.54 Å². The first kappa shape index (κ1) is 50.3. The van der Waals surface area contributed by atoms with Crippen LogP contribution in [0.25, 0.3) is 0 Å². The number of aromatic nitrogens is 1. The highest BCUT2D eigenvalue weighted by Crippen LogP contribution is 2.50. The molecule has 408 valence electrons. The third-order valence-electron chi connectivity index (χ3n) is 17.8. The molecular weight excluding hydrogens is 1060 g/mol. The molecule has 87 heavy (non-hydrogen) atoms. The summed E-state index contributed by atoms with van der Waals surface area (Å²) in [5.41, 5.74) is 25.0. The van der Waals surface area contributed by atoms with Crippen molar-refractivity contribution < 1.29 is 0 Å². The number of fused-ring (bicyclic) bond motifs is 8. The summed E-state index contributed by atoms with van der Waals surface area (Å²) in [6.45, 7) is 0.275. The van der Waals surface area contributed by atoms with E-state index < -0.39 is 0 Å². The molecule has 0 fully saturated rings. The number of benzene rings is 12. The summed E-state index contributed by atoms with van der Waals surface area (Å²) in [4.78, 5) is 20.8. The van der Waals surface area contributed by atoms with Crippen molar-refractivity contribution in [1.29, 1.82) is 0 Å². The van der Waals surface area contributed by atoms with Crippen LogP contribution in [0, 0.1) is 0 Å². The van der Waals surface area contributed by atoms with Gasteiger partial charge in [-0.1, -0.05) is 200 Å². The molecular formula is C78H55B2N7. The summed E-state index contributed by atoms with van der Waals surface area (Å²) >= 11 is 0. The number of anilines is 17. The normalized spacial score (nSPS) is 13.0. The molecule has 13 aromatic rings. The van der Waals surface area contributed by atoms with E-state index in [2.05, 4.69) is 351 Å². The van der Waals surface area contributed by atoms with Crippen LogP contribution < -0.4 is 62.2 Å². The Balaban J connectivity index is 0.989. The predicted molar refractivity (Wildman–Crippen MR) is 366 cm³/mol. The number of pyridine rings is 1. The first-order valence-electron chi connectivity index (χ1n) is 30.0. The predicted octanol–water partition coefficient (Wildman–Crippen LogP) is 16.1. The molecule has 0 saturated heterocycles. The Morgan fingerprint density at radius 2 is 0.667 bits per heavy atom. The lowest BCUT2D eigenvalue weighted by Gasteiger charge is -2.47. The number of hydrogen-bond donors (Lipinski definition) is 0. The Bertz CT molecular complexity index is 4620. The van der Waals surface area contributed by atoms with E-state index in [1.54, 1.807) is 0 Å². The highest BCUT2D eigenvalue weighted by Gasteiger charge is 2.49. The molecule has 7 nitrogen and oxygen atoms in total. The van der Waals surface area contributed by atoms with Crippen LogP contribution in [0.15, 0.2) is 322 Å². The first-order chi connectivity index (χ1) is 43.2. The third-order valence-corrected chi connectivity index (χ3v) is 17.8. The summed E-state index contributed by atoms with van der Waals surface area (Å²) in [5.74, 6) is 1.71. The zero-order valence-electron chi connectivity index (χ0n) is 47.6. The molecule has 0 aliphatic carbocycles. The maximum Gasteiger partial charge on any atom is 0.254 e. The van der Waals surface area contributed by atoms with Gasteiger partial charge in [-0.2, -0.15) is 0 Å². The van der Waals surface area contributed by atoms with E-state index in [0.717, 1.165) is 102 Å². The molecule has 0 amide bonds. The Kier molecular flexibility index (Phi) is 12.0. The Hall–Kier alpha value is -11.3. The van der Waals surface area contributed by atoms with Gasteiger partial charge in [0, 0.05) is 92.2 Å². The molecule has 0 atom stereocenters. The molecule has 0 bridgehead atoms. The molecule has 9 heteroatoms. The molecule has 0 spiro atoms. The fraction of sp³-hybridized carbons (Fsp3) is 0.0128. The van der Waals surface area contributed by atoms with E-state index in [4.69, 9.17) is 4.98 Å². The van der Waals surface area contributed by atoms with Crippen molar-refractivity contribution in [2.24, 2.45) is 0 Å². The molecule has 5 heterocycles. The van der Waals surface area contributed by atoms with Crippen LogP contribution in [0.1, 0.15) is 5.56 Å². The van der Waals surface area contributed by atoms with Gasteiger partial charge in [-0.15, -0.1) is 0 Å². The van der Waals surface area contributed by atoms with Gasteiger partial charge in [-0.05, 0) is 154 Å². The Morgan fingerprint density at radius 1 is 0.276 bits per heavy atom. The standard InChI is InChI=1S/C78H55B2N7/c1-9-29-55(30-10-1)54-82-70-52-71-67(51-66(70)79-64-45-25-27-47-68(64)85(60-39-19-6-20-40-60)73-50-63(49-72(82)76(73)79)83(56-31-11-2-12-32-56)57-33-13-3-14-34-57)80-65-46-26-28-48-69(65)87(62-43-23-8-24-44-62)78-77(80)74(86(71)61-41-21-7-22-42-61)53-75(81-78)84(58-35-15-4-16-36-58)59-37-17-5-18-38-59/h1-53H,54H2. The van der Waals surface area contributed by atoms with Gasteiger partial charge in [0.05, 0.1) is 5.69 Å². The molecule has 12 aromatic carbocycles. The average molecular weight is 1110 g/mol. The van der Waals surface area contributed by atoms with Crippen molar-refractivity contribution in [3.63, 3.8) is 0 Å². The van der Waals surface area contributed by atoms with E-state index >= 15 is 0 Å². The molecule has 1 aromatic heterocycles. The fourth-order valence-electron chi connectivity index (χ4n) is 14.2. The van der Waals surface area contributed by atoms with Crippen LogP contribution in [0.5, 0.6) is 0 Å². The van der Waals surface area contributed by atoms with Crippen molar-refractivity contribution >= 4 is 143 Å². The molecule has 0 radical (unpaired) electrons. The monoisotopic (exact) mass is 1110 g/mol. The van der Waals surface area contributed by atoms with Gasteiger partial charge in [-0.25, -0.2) is 4.98 Å². The molecule has 0 unspecified atom stereocenters. The fourth-order valence-corrected chi connectivity index (χ4v) is 14.2. The Labute approximate surface area is 508 Å². The molecule has 17 rings (SSSR count). The van der Waals surface area contributed by atoms with Crippen LogP contribution in [-0.4, -0.2) is 18.4 Å². The second-order valence-corrected chi connectivity index (χ2v) is 22.7. The summed E-state index contributed by atoms with van der Waals surface area (Å²) < 4.78 is 0. The second-order valence-electron chi connectivity index (χ2n) is 22.7. The minimum Gasteiger partial charge on any atom is -0.338 e. The summed E-state index contributed by atoms with van der Waals surface area (Å²) in [7, 11) is 0. The van der Waals surface area contributed by atoms with Gasteiger partial charge in [0.25, 0.3) is 13.4 Å². The van der Waals surface area contributed by atoms with Gasteiger partial charge in [0.2, 0.25) is 0 Å². The van der Waals surface area contributed by atoms with Crippen molar-refractivity contribution in [1.82, 2.24) is 4.98 Å². The molecule has 4 aliphatic heterocycles. The summed E-state index contributed by atoms with van der Waals surface area (Å²) in [6.07, 6.45) is 0. The van der Waals surface area contributed by atoms with Crippen molar-refractivity contribution in [3.8, 4) is 0 Å². The number of nitrogens with zero attached hydrogens (tertiary/aromatic N) is 7. The number of rotatable bonds is 11. The summed E-state index contributed by atoms with van der Waals surface area (Å²) in [6, 6.07) is 117. The third kappa shape index (κ3) is 8.26. The maximum atomic E-state index is 5.99. The highest BCUT2D eigenvalue weighted by molar-refractivity contribution is 7.03. The molecule has 0 N–H and O–H groups in total. The van der Waals surface area contributed by atoms with Gasteiger partial charge >= 0.3 is 0 Å². The first-order valence-corrected chi connectivity index (χ1v) is 30.0. The Morgan fingerprint density at radius 3 is 1.20 bits per heavy atom. The van der Waals surface area contributed by atoms with E-state index in [1.807, 2.05) is 0 Å². The number of hydrogen-bond acceptors (Lipinski definition) is 7. The van der Waals surface area contributed by atoms with E-state index in [-0.39, 0.29) is 13.4 Å². The maximum absolute atomic E-state index is 5.99. The van der Waals surface area contributed by atoms with Crippen LogP contribution in [0.4, 0.5) is 96.9 Å². The SMILES string of the molecule is c1ccc(CN2c3cc4c(cc3B3c5ccccc5N(c5ccccc5)c5cc(N(c6ccccc6)c6ccccc6)cc2c53)B2c3ccccc3N(c3ccccc3)c3nc(N(c5ccccc5)c5ccccc5)cc(c32)N4c2ccccc2)cc1. The van der Waals surface area contributed by atoms with Gasteiger partial charge in [0.1, 0.15) is 11.6 Å². The lowest BCUT2D eigenvalue weighted by molar-refractivity contribution is 0.977. The lowest BCUT2D eigenvalue weighted by atomic mass is 9.30. The number of para-hydroxylation sites is 9. The van der Waals surface area contributed by atoms with Gasteiger partial charge in [0.15, 0.2) is 0 Å². The minimum atomic E-state index is -0.203. The van der Waals surface area contributed by atoms with E-state index in [0.29, 0.717) is 6.54 Å². The average Bonchev–Trinajstić information content (AvgIpc) is 0.792. The second kappa shape index (κ2) is 20.8.